The van der Waals surface area contributed by atoms with Crippen LogP contribution < -0.4 is 5.32 Å². The van der Waals surface area contributed by atoms with Gasteiger partial charge < -0.3 is 10.2 Å². The van der Waals surface area contributed by atoms with Crippen molar-refractivity contribution < 1.29 is 15.0 Å². The summed E-state index contributed by atoms with van der Waals surface area (Å²) in [6.07, 6.45) is 3.04. The maximum Gasteiger partial charge on any atom is 0.262 e. The normalized spacial score (nSPS) is 10.7. The van der Waals surface area contributed by atoms with Crippen LogP contribution in [0.2, 0.25) is 0 Å². The largest absolute Gasteiger partial charge is 0.508 e. The van der Waals surface area contributed by atoms with Crippen molar-refractivity contribution in [1.29, 1.82) is 0 Å². The molecule has 1 amide bonds. The number of hydrogen-bond acceptors (Lipinski definition) is 5. The summed E-state index contributed by atoms with van der Waals surface area (Å²) in [5, 5.41) is 23.9. The van der Waals surface area contributed by atoms with Gasteiger partial charge in [0.2, 0.25) is 5.95 Å². The van der Waals surface area contributed by atoms with Crippen molar-refractivity contribution in [2.45, 2.75) is 0 Å². The molecule has 0 fully saturated rings. The molecule has 3 N–H and O–H groups in total. The number of aromatic nitrogens is 2. The lowest BCUT2D eigenvalue weighted by Crippen LogP contribution is -2.14. The SMILES string of the molecule is O=C(Nc1ncccn1)c1c(O)ccc2cc(-c3cccc(O)c3)ccc12. The molecule has 0 spiro atoms. The molecule has 0 aliphatic rings. The van der Waals surface area contributed by atoms with E-state index in [1.807, 2.05) is 18.2 Å². The van der Waals surface area contributed by atoms with E-state index in [2.05, 4.69) is 15.3 Å². The smallest absolute Gasteiger partial charge is 0.262 e. The zero-order chi connectivity index (χ0) is 18.8. The molecule has 0 aliphatic heterocycles. The maximum atomic E-state index is 12.7. The fraction of sp³-hybridized carbons (Fsp3) is 0. The van der Waals surface area contributed by atoms with Crippen LogP contribution in [0, 0.1) is 0 Å². The Bertz CT molecular complexity index is 1140. The Labute approximate surface area is 154 Å². The van der Waals surface area contributed by atoms with Crippen molar-refractivity contribution in [1.82, 2.24) is 9.97 Å². The van der Waals surface area contributed by atoms with Gasteiger partial charge >= 0.3 is 0 Å². The van der Waals surface area contributed by atoms with Gasteiger partial charge in [0.05, 0.1) is 5.56 Å². The molecule has 0 aliphatic carbocycles. The predicted molar refractivity (Wildman–Crippen MR) is 103 cm³/mol. The van der Waals surface area contributed by atoms with Crippen LogP contribution in [0.3, 0.4) is 0 Å². The van der Waals surface area contributed by atoms with Crippen LogP contribution in [0.5, 0.6) is 11.5 Å². The number of nitrogens with one attached hydrogen (secondary N) is 1. The zero-order valence-electron chi connectivity index (χ0n) is 14.1. The van der Waals surface area contributed by atoms with Gasteiger partial charge in [-0.05, 0) is 52.2 Å². The van der Waals surface area contributed by atoms with Crippen LogP contribution >= 0.6 is 0 Å². The minimum atomic E-state index is -0.491. The van der Waals surface area contributed by atoms with Gasteiger partial charge in [0.1, 0.15) is 11.5 Å². The van der Waals surface area contributed by atoms with E-state index in [9.17, 15) is 15.0 Å². The molecular formula is C21H15N3O3. The summed E-state index contributed by atoms with van der Waals surface area (Å²) < 4.78 is 0. The van der Waals surface area contributed by atoms with E-state index in [1.165, 1.54) is 18.5 Å². The van der Waals surface area contributed by atoms with Crippen molar-refractivity contribution in [3.63, 3.8) is 0 Å². The van der Waals surface area contributed by atoms with E-state index in [1.54, 1.807) is 36.4 Å². The van der Waals surface area contributed by atoms with Crippen LogP contribution in [0.15, 0.2) is 73.1 Å². The van der Waals surface area contributed by atoms with Gasteiger partial charge in [-0.15, -0.1) is 0 Å². The highest BCUT2D eigenvalue weighted by Crippen LogP contribution is 2.32. The molecule has 27 heavy (non-hydrogen) atoms. The molecule has 0 radical (unpaired) electrons. The first-order valence-corrected chi connectivity index (χ1v) is 8.25. The summed E-state index contributed by atoms with van der Waals surface area (Å²) in [7, 11) is 0. The van der Waals surface area contributed by atoms with Gasteiger partial charge in [0.25, 0.3) is 5.91 Å². The molecule has 4 aromatic rings. The van der Waals surface area contributed by atoms with Crippen LogP contribution in [0.1, 0.15) is 10.4 Å². The van der Waals surface area contributed by atoms with E-state index in [0.29, 0.717) is 5.39 Å². The zero-order valence-corrected chi connectivity index (χ0v) is 14.1. The summed E-state index contributed by atoms with van der Waals surface area (Å²) in [6.45, 7) is 0. The molecule has 0 saturated carbocycles. The van der Waals surface area contributed by atoms with Gasteiger partial charge in [0.15, 0.2) is 0 Å². The Morgan fingerprint density at radius 3 is 2.41 bits per heavy atom. The summed E-state index contributed by atoms with van der Waals surface area (Å²) in [4.78, 5) is 20.6. The lowest BCUT2D eigenvalue weighted by molar-refractivity contribution is 0.102. The molecule has 0 unspecified atom stereocenters. The second-order valence-corrected chi connectivity index (χ2v) is 5.97. The Morgan fingerprint density at radius 1 is 0.852 bits per heavy atom. The minimum absolute atomic E-state index is 0.124. The van der Waals surface area contributed by atoms with Crippen molar-refractivity contribution in [3.05, 3.63) is 78.6 Å². The summed E-state index contributed by atoms with van der Waals surface area (Å²) in [5.74, 6) is -0.271. The number of rotatable bonds is 3. The third kappa shape index (κ3) is 3.28. The average Bonchev–Trinajstić information content (AvgIpc) is 2.68. The molecule has 1 heterocycles. The molecule has 132 valence electrons. The number of phenolic OH excluding ortho intramolecular Hbond substituents is 2. The molecule has 1 aromatic heterocycles. The molecule has 6 nitrogen and oxygen atoms in total. The number of amides is 1. The number of anilines is 1. The molecule has 4 rings (SSSR count). The highest BCUT2D eigenvalue weighted by molar-refractivity contribution is 6.14. The average molecular weight is 357 g/mol. The third-order valence-electron chi connectivity index (χ3n) is 4.20. The fourth-order valence-corrected chi connectivity index (χ4v) is 2.95. The number of hydrogen-bond donors (Lipinski definition) is 3. The lowest BCUT2D eigenvalue weighted by atomic mass is 9.97. The Kier molecular flexibility index (Phi) is 4.14. The quantitative estimate of drug-likeness (QED) is 0.516. The number of fused-ring (bicyclic) bond motifs is 1. The number of carbonyl (C=O) groups is 1. The molecule has 0 saturated heterocycles. The lowest BCUT2D eigenvalue weighted by Gasteiger charge is -2.11. The van der Waals surface area contributed by atoms with E-state index in [4.69, 9.17) is 0 Å². The molecule has 0 atom stereocenters. The van der Waals surface area contributed by atoms with Crippen LogP contribution in [-0.4, -0.2) is 26.1 Å². The first kappa shape index (κ1) is 16.5. The Hall–Kier alpha value is -3.93. The van der Waals surface area contributed by atoms with Gasteiger partial charge in [-0.3, -0.25) is 10.1 Å². The summed E-state index contributed by atoms with van der Waals surface area (Å²) in [6, 6.07) is 17.3. The van der Waals surface area contributed by atoms with Gasteiger partial charge in [-0.2, -0.15) is 0 Å². The van der Waals surface area contributed by atoms with E-state index >= 15 is 0 Å². The number of aromatic hydroxyl groups is 2. The van der Waals surface area contributed by atoms with Crippen molar-refractivity contribution in [2.24, 2.45) is 0 Å². The number of carbonyl (C=O) groups excluding carboxylic acids is 1. The second kappa shape index (κ2) is 6.76. The summed E-state index contributed by atoms with van der Waals surface area (Å²) >= 11 is 0. The molecular weight excluding hydrogens is 342 g/mol. The maximum absolute atomic E-state index is 12.7. The third-order valence-corrected chi connectivity index (χ3v) is 4.20. The topological polar surface area (TPSA) is 95.3 Å². The van der Waals surface area contributed by atoms with Crippen LogP contribution in [0.4, 0.5) is 5.95 Å². The van der Waals surface area contributed by atoms with Gasteiger partial charge in [0, 0.05) is 12.4 Å². The Balaban J connectivity index is 1.77. The molecule has 3 aromatic carbocycles. The van der Waals surface area contributed by atoms with Gasteiger partial charge in [-0.25, -0.2) is 9.97 Å². The standard InChI is InChI=1S/C21H15N3O3/c25-16-4-1-3-13(12-16)14-5-7-17-15(11-14)6-8-18(26)19(17)20(27)24-21-22-9-2-10-23-21/h1-12,25-26H,(H,22,23,24,27). The number of phenols is 2. The van der Waals surface area contributed by atoms with Gasteiger partial charge in [-0.1, -0.05) is 30.3 Å². The van der Waals surface area contributed by atoms with Crippen molar-refractivity contribution in [2.75, 3.05) is 5.32 Å². The van der Waals surface area contributed by atoms with Crippen molar-refractivity contribution in [3.8, 4) is 22.6 Å². The molecule has 6 heteroatoms. The first-order valence-electron chi connectivity index (χ1n) is 8.25. The van der Waals surface area contributed by atoms with Crippen molar-refractivity contribution >= 4 is 22.6 Å². The Morgan fingerprint density at radius 2 is 1.63 bits per heavy atom. The minimum Gasteiger partial charge on any atom is -0.508 e. The van der Waals surface area contributed by atoms with E-state index in [-0.39, 0.29) is 23.0 Å². The second-order valence-electron chi connectivity index (χ2n) is 5.97. The summed E-state index contributed by atoms with van der Waals surface area (Å²) in [5.41, 5.74) is 1.90. The van der Waals surface area contributed by atoms with Crippen LogP contribution in [-0.2, 0) is 0 Å². The van der Waals surface area contributed by atoms with E-state index < -0.39 is 5.91 Å². The van der Waals surface area contributed by atoms with Crippen LogP contribution in [0.25, 0.3) is 21.9 Å². The highest BCUT2D eigenvalue weighted by atomic mass is 16.3. The predicted octanol–water partition coefficient (Wildman–Crippen LogP) is 3.96. The molecule has 0 bridgehead atoms. The monoisotopic (exact) mass is 357 g/mol. The van der Waals surface area contributed by atoms with E-state index in [0.717, 1.165) is 16.5 Å². The number of nitrogens with zero attached hydrogens (tertiary/aromatic N) is 2. The fourth-order valence-electron chi connectivity index (χ4n) is 2.95. The number of benzene rings is 3. The highest BCUT2D eigenvalue weighted by Gasteiger charge is 2.17. The first-order chi connectivity index (χ1) is 13.1.